The van der Waals surface area contributed by atoms with Gasteiger partial charge in [-0.2, -0.15) is 0 Å². The molecule has 1 heterocycles. The van der Waals surface area contributed by atoms with Gasteiger partial charge in [0.15, 0.2) is 0 Å². The molecule has 0 saturated carbocycles. The number of alkyl halides is 1. The van der Waals surface area contributed by atoms with Crippen LogP contribution in [0.15, 0.2) is 36.7 Å². The van der Waals surface area contributed by atoms with Gasteiger partial charge in [-0.25, -0.2) is 4.98 Å². The number of aryl methyl sites for hydroxylation is 2. The van der Waals surface area contributed by atoms with E-state index >= 15 is 0 Å². The smallest absolute Gasteiger partial charge is 0.207 e. The Hall–Kier alpha value is -1.48. The maximum Gasteiger partial charge on any atom is 0.207 e. The van der Waals surface area contributed by atoms with Gasteiger partial charge in [0, 0.05) is 31.0 Å². The Morgan fingerprint density at radius 1 is 1.41 bits per heavy atom. The fourth-order valence-corrected chi connectivity index (χ4v) is 1.82. The summed E-state index contributed by atoms with van der Waals surface area (Å²) in [6, 6.07) is 8.35. The maximum atomic E-state index is 5.70. The van der Waals surface area contributed by atoms with Gasteiger partial charge in [-0.15, -0.1) is 11.6 Å². The first-order valence-corrected chi connectivity index (χ1v) is 6.22. The number of halogens is 1. The van der Waals surface area contributed by atoms with Gasteiger partial charge in [0.25, 0.3) is 0 Å². The standard InChI is InChI=1S/C13H16ClN3/c1-17-9-8-15-13(17)16-12-6-2-4-11(10-12)5-3-7-14/h2,4,6,8-10H,3,5,7H2,1H3,(H,15,16). The van der Waals surface area contributed by atoms with E-state index in [2.05, 4.69) is 28.5 Å². The summed E-state index contributed by atoms with van der Waals surface area (Å²) < 4.78 is 1.95. The summed E-state index contributed by atoms with van der Waals surface area (Å²) in [4.78, 5) is 4.23. The molecule has 0 saturated heterocycles. The molecule has 0 aliphatic carbocycles. The summed E-state index contributed by atoms with van der Waals surface area (Å²) in [5.41, 5.74) is 2.36. The Morgan fingerprint density at radius 2 is 2.29 bits per heavy atom. The number of nitrogens with zero attached hydrogens (tertiary/aromatic N) is 2. The Bertz CT molecular complexity index is 479. The maximum absolute atomic E-state index is 5.70. The molecule has 2 rings (SSSR count). The fraction of sp³-hybridized carbons (Fsp3) is 0.308. The molecule has 0 fully saturated rings. The topological polar surface area (TPSA) is 29.9 Å². The van der Waals surface area contributed by atoms with Crippen LogP contribution in [0.5, 0.6) is 0 Å². The van der Waals surface area contributed by atoms with E-state index in [4.69, 9.17) is 11.6 Å². The van der Waals surface area contributed by atoms with Crippen LogP contribution in [0.25, 0.3) is 0 Å². The van der Waals surface area contributed by atoms with E-state index in [1.165, 1.54) is 5.56 Å². The first-order valence-electron chi connectivity index (χ1n) is 5.69. The summed E-state index contributed by atoms with van der Waals surface area (Å²) in [6.07, 6.45) is 5.71. The zero-order valence-electron chi connectivity index (χ0n) is 9.86. The van der Waals surface area contributed by atoms with E-state index in [-0.39, 0.29) is 0 Å². The third kappa shape index (κ3) is 3.24. The molecule has 0 aliphatic heterocycles. The molecule has 0 radical (unpaired) electrons. The molecule has 0 bridgehead atoms. The van der Waals surface area contributed by atoms with Gasteiger partial charge in [-0.05, 0) is 30.5 Å². The number of imidazole rings is 1. The lowest BCUT2D eigenvalue weighted by molar-refractivity contribution is 0.920. The highest BCUT2D eigenvalue weighted by Crippen LogP contribution is 2.16. The number of aromatic nitrogens is 2. The van der Waals surface area contributed by atoms with Gasteiger partial charge in [-0.3, -0.25) is 0 Å². The highest BCUT2D eigenvalue weighted by Gasteiger charge is 2.00. The molecular formula is C13H16ClN3. The Morgan fingerprint density at radius 3 is 3.00 bits per heavy atom. The third-order valence-corrected chi connectivity index (χ3v) is 2.87. The Balaban J connectivity index is 2.08. The highest BCUT2D eigenvalue weighted by molar-refractivity contribution is 6.17. The van der Waals surface area contributed by atoms with Crippen molar-refractivity contribution in [1.82, 2.24) is 9.55 Å². The molecule has 1 N–H and O–H groups in total. The van der Waals surface area contributed by atoms with Gasteiger partial charge < -0.3 is 9.88 Å². The van der Waals surface area contributed by atoms with Crippen molar-refractivity contribution in [2.24, 2.45) is 7.05 Å². The van der Waals surface area contributed by atoms with Crippen LogP contribution in [-0.2, 0) is 13.5 Å². The molecule has 1 aromatic heterocycles. The number of benzene rings is 1. The van der Waals surface area contributed by atoms with E-state index in [1.54, 1.807) is 6.20 Å². The molecule has 2 aromatic rings. The normalized spacial score (nSPS) is 10.5. The van der Waals surface area contributed by atoms with Crippen molar-refractivity contribution in [1.29, 1.82) is 0 Å². The largest absolute Gasteiger partial charge is 0.326 e. The number of hydrogen-bond acceptors (Lipinski definition) is 2. The summed E-state index contributed by atoms with van der Waals surface area (Å²) in [7, 11) is 1.96. The van der Waals surface area contributed by atoms with Crippen LogP contribution in [0.4, 0.5) is 11.6 Å². The second-order valence-corrected chi connectivity index (χ2v) is 4.36. The molecule has 90 valence electrons. The molecule has 0 amide bonds. The summed E-state index contributed by atoms with van der Waals surface area (Å²) in [5, 5.41) is 3.29. The summed E-state index contributed by atoms with van der Waals surface area (Å²) in [5.74, 6) is 1.55. The van der Waals surface area contributed by atoms with E-state index in [1.807, 2.05) is 23.9 Å². The number of hydrogen-bond donors (Lipinski definition) is 1. The van der Waals surface area contributed by atoms with Crippen molar-refractivity contribution in [3.8, 4) is 0 Å². The van der Waals surface area contributed by atoms with Crippen molar-refractivity contribution in [3.05, 3.63) is 42.2 Å². The van der Waals surface area contributed by atoms with Crippen LogP contribution in [0.3, 0.4) is 0 Å². The first kappa shape index (κ1) is 12.0. The van der Waals surface area contributed by atoms with Gasteiger partial charge in [0.2, 0.25) is 5.95 Å². The number of anilines is 2. The van der Waals surface area contributed by atoms with Crippen molar-refractivity contribution in [2.45, 2.75) is 12.8 Å². The van der Waals surface area contributed by atoms with Crippen LogP contribution in [0.1, 0.15) is 12.0 Å². The van der Waals surface area contributed by atoms with Gasteiger partial charge >= 0.3 is 0 Å². The molecule has 0 unspecified atom stereocenters. The van der Waals surface area contributed by atoms with Crippen LogP contribution in [0, 0.1) is 0 Å². The molecule has 0 spiro atoms. The minimum atomic E-state index is 0.705. The second-order valence-electron chi connectivity index (χ2n) is 3.98. The minimum Gasteiger partial charge on any atom is -0.326 e. The quantitative estimate of drug-likeness (QED) is 0.824. The zero-order valence-corrected chi connectivity index (χ0v) is 10.6. The van der Waals surface area contributed by atoms with Gasteiger partial charge in [0.05, 0.1) is 0 Å². The average Bonchev–Trinajstić information content (AvgIpc) is 2.73. The summed E-state index contributed by atoms with van der Waals surface area (Å²) >= 11 is 5.70. The van der Waals surface area contributed by atoms with E-state index < -0.39 is 0 Å². The van der Waals surface area contributed by atoms with Gasteiger partial charge in [0.1, 0.15) is 0 Å². The van der Waals surface area contributed by atoms with Crippen molar-refractivity contribution in [3.63, 3.8) is 0 Å². The van der Waals surface area contributed by atoms with E-state index in [9.17, 15) is 0 Å². The third-order valence-electron chi connectivity index (χ3n) is 2.60. The highest BCUT2D eigenvalue weighted by atomic mass is 35.5. The van der Waals surface area contributed by atoms with Crippen molar-refractivity contribution in [2.75, 3.05) is 11.2 Å². The van der Waals surface area contributed by atoms with Crippen LogP contribution in [-0.4, -0.2) is 15.4 Å². The van der Waals surface area contributed by atoms with E-state index in [0.717, 1.165) is 24.5 Å². The van der Waals surface area contributed by atoms with Crippen molar-refractivity contribution < 1.29 is 0 Å². The zero-order chi connectivity index (χ0) is 12.1. The summed E-state index contributed by atoms with van der Waals surface area (Å²) in [6.45, 7) is 0. The van der Waals surface area contributed by atoms with Gasteiger partial charge in [-0.1, -0.05) is 12.1 Å². The molecule has 0 atom stereocenters. The number of rotatable bonds is 5. The Kier molecular flexibility index (Phi) is 4.04. The fourth-order valence-electron chi connectivity index (χ4n) is 1.69. The van der Waals surface area contributed by atoms with Crippen LogP contribution >= 0.6 is 11.6 Å². The number of nitrogens with one attached hydrogen (secondary N) is 1. The molecule has 3 nitrogen and oxygen atoms in total. The van der Waals surface area contributed by atoms with E-state index in [0.29, 0.717) is 5.88 Å². The second kappa shape index (κ2) is 5.73. The monoisotopic (exact) mass is 249 g/mol. The lowest BCUT2D eigenvalue weighted by Gasteiger charge is -2.07. The molecule has 17 heavy (non-hydrogen) atoms. The lowest BCUT2D eigenvalue weighted by atomic mass is 10.1. The SMILES string of the molecule is Cn1ccnc1Nc1cccc(CCCCl)c1. The predicted molar refractivity (Wildman–Crippen MR) is 72.0 cm³/mol. The molecule has 0 aliphatic rings. The molecule has 1 aromatic carbocycles. The Labute approximate surface area is 106 Å². The lowest BCUT2D eigenvalue weighted by Crippen LogP contribution is -1.99. The molecule has 4 heteroatoms. The first-order chi connectivity index (χ1) is 8.29. The minimum absolute atomic E-state index is 0.705. The average molecular weight is 250 g/mol. The van der Waals surface area contributed by atoms with Crippen LogP contribution < -0.4 is 5.32 Å². The molecular weight excluding hydrogens is 234 g/mol. The predicted octanol–water partition coefficient (Wildman–Crippen LogP) is 3.34. The van der Waals surface area contributed by atoms with Crippen molar-refractivity contribution >= 4 is 23.2 Å². The van der Waals surface area contributed by atoms with Crippen LogP contribution in [0.2, 0.25) is 0 Å².